The van der Waals surface area contributed by atoms with Crippen LogP contribution in [-0.4, -0.2) is 53.6 Å². The van der Waals surface area contributed by atoms with E-state index in [9.17, 15) is 18.3 Å². The summed E-state index contributed by atoms with van der Waals surface area (Å²) in [5.41, 5.74) is 14.5. The van der Waals surface area contributed by atoms with Crippen LogP contribution >= 0.6 is 0 Å². The number of H-pyrrole nitrogens is 1. The highest BCUT2D eigenvalue weighted by Gasteiger charge is 2.38. The van der Waals surface area contributed by atoms with Crippen molar-refractivity contribution in [2.45, 2.75) is 25.6 Å². The Bertz CT molecular complexity index is 1250. The number of para-hydroxylation sites is 1. The number of nitrogens with two attached hydrogens (primary N) is 2. The molecule has 0 aliphatic heterocycles. The maximum Gasteiger partial charge on any atom is 0.490 e. The summed E-state index contributed by atoms with van der Waals surface area (Å²) in [6, 6.07) is 7.31. The molecule has 170 valence electrons. The number of aromatic hydroxyl groups is 1. The van der Waals surface area contributed by atoms with Gasteiger partial charge in [0.25, 0.3) is 0 Å². The minimum Gasteiger partial charge on any atom is -0.506 e. The Hall–Kier alpha value is -3.87. The van der Waals surface area contributed by atoms with E-state index >= 15 is 0 Å². The summed E-state index contributed by atoms with van der Waals surface area (Å²) in [6.45, 7) is 1.35. The maximum absolute atomic E-state index is 10.6. The van der Waals surface area contributed by atoms with Gasteiger partial charge >= 0.3 is 12.1 Å². The molecule has 0 bridgehead atoms. The zero-order valence-corrected chi connectivity index (χ0v) is 16.6. The molecule has 0 radical (unpaired) electrons. The van der Waals surface area contributed by atoms with Crippen molar-refractivity contribution >= 4 is 33.7 Å². The number of benzene rings is 1. The highest BCUT2D eigenvalue weighted by atomic mass is 19.4. The van der Waals surface area contributed by atoms with Gasteiger partial charge in [0.1, 0.15) is 23.6 Å². The van der Waals surface area contributed by atoms with Crippen LogP contribution in [0.15, 0.2) is 30.6 Å². The Kier molecular flexibility index (Phi) is 6.48. The summed E-state index contributed by atoms with van der Waals surface area (Å²) in [6.07, 6.45) is -1.82. The third-order valence-corrected chi connectivity index (χ3v) is 4.51. The van der Waals surface area contributed by atoms with E-state index in [4.69, 9.17) is 26.5 Å². The molecule has 4 aromatic rings. The van der Waals surface area contributed by atoms with Crippen LogP contribution in [0.3, 0.4) is 0 Å². The molecule has 0 fully saturated rings. The summed E-state index contributed by atoms with van der Waals surface area (Å²) < 4.78 is 33.6. The average Bonchev–Trinajstić information content (AvgIpc) is 3.31. The van der Waals surface area contributed by atoms with E-state index in [0.717, 1.165) is 23.9 Å². The zero-order chi connectivity index (χ0) is 23.5. The van der Waals surface area contributed by atoms with Crippen molar-refractivity contribution in [1.29, 1.82) is 0 Å². The van der Waals surface area contributed by atoms with Crippen molar-refractivity contribution in [2.24, 2.45) is 5.73 Å². The molecule has 0 aliphatic rings. The van der Waals surface area contributed by atoms with Crippen molar-refractivity contribution < 1.29 is 28.2 Å². The molecule has 0 aliphatic carbocycles. The predicted octanol–water partition coefficient (Wildman–Crippen LogP) is 2.63. The second-order valence-electron chi connectivity index (χ2n) is 6.75. The number of aromatic amines is 1. The number of nitrogens with zero attached hydrogens (tertiary/aromatic N) is 4. The van der Waals surface area contributed by atoms with Gasteiger partial charge in [-0.2, -0.15) is 18.3 Å². The molecule has 1 aromatic carbocycles. The van der Waals surface area contributed by atoms with E-state index in [1.807, 2.05) is 16.8 Å². The summed E-state index contributed by atoms with van der Waals surface area (Å²) in [5.74, 6) is -2.18. The van der Waals surface area contributed by atoms with Gasteiger partial charge in [0, 0.05) is 11.9 Å². The van der Waals surface area contributed by atoms with Crippen LogP contribution in [0.5, 0.6) is 5.75 Å². The number of phenolic OH excluding ortho intramolecular Hbond substituents is 1. The number of phenols is 1. The number of alkyl halides is 3. The fraction of sp³-hybridized carbons (Fsp3) is 0.263. The van der Waals surface area contributed by atoms with E-state index in [-0.39, 0.29) is 5.75 Å². The number of carboxylic acid groups (broad SMARTS) is 1. The summed E-state index contributed by atoms with van der Waals surface area (Å²) in [7, 11) is 0. The third kappa shape index (κ3) is 4.72. The highest BCUT2D eigenvalue weighted by molar-refractivity contribution is 6.00. The van der Waals surface area contributed by atoms with Gasteiger partial charge in [-0.05, 0) is 31.5 Å². The molecular formula is C19H20F3N7O3. The largest absolute Gasteiger partial charge is 0.506 e. The van der Waals surface area contributed by atoms with E-state index in [1.165, 1.54) is 6.33 Å². The van der Waals surface area contributed by atoms with Gasteiger partial charge in [0.2, 0.25) is 0 Å². The third-order valence-electron chi connectivity index (χ3n) is 4.51. The molecule has 3 aromatic heterocycles. The molecule has 0 atom stereocenters. The molecule has 0 amide bonds. The molecule has 0 spiro atoms. The molecule has 0 saturated carbocycles. The lowest BCUT2D eigenvalue weighted by Gasteiger charge is -2.01. The molecule has 7 N–H and O–H groups in total. The quantitative estimate of drug-likeness (QED) is 0.288. The number of aliphatic carboxylic acids is 1. The van der Waals surface area contributed by atoms with E-state index < -0.39 is 12.1 Å². The second kappa shape index (κ2) is 9.09. The monoisotopic (exact) mass is 451 g/mol. The number of nitrogens with one attached hydrogen (secondary N) is 1. The molecule has 10 nitrogen and oxygen atoms in total. The van der Waals surface area contributed by atoms with Crippen molar-refractivity contribution in [3.8, 4) is 17.1 Å². The summed E-state index contributed by atoms with van der Waals surface area (Å²) in [5, 5.41) is 23.5. The van der Waals surface area contributed by atoms with Gasteiger partial charge < -0.3 is 26.7 Å². The Morgan fingerprint density at radius 1 is 1.22 bits per heavy atom. The summed E-state index contributed by atoms with van der Waals surface area (Å²) >= 11 is 0. The first kappa shape index (κ1) is 22.8. The number of carbonyl (C=O) groups is 1. The van der Waals surface area contributed by atoms with Gasteiger partial charge in [-0.15, -0.1) is 0 Å². The fourth-order valence-electron chi connectivity index (χ4n) is 3.05. The Morgan fingerprint density at radius 3 is 2.56 bits per heavy atom. The van der Waals surface area contributed by atoms with Gasteiger partial charge in [-0.25, -0.2) is 19.4 Å². The molecule has 32 heavy (non-hydrogen) atoms. The second-order valence-corrected chi connectivity index (χ2v) is 6.75. The minimum atomic E-state index is -5.08. The number of rotatable bonds is 5. The minimum absolute atomic E-state index is 0.194. The Labute approximate surface area is 178 Å². The van der Waals surface area contributed by atoms with E-state index in [1.54, 1.807) is 12.1 Å². The average molecular weight is 451 g/mol. The van der Waals surface area contributed by atoms with Gasteiger partial charge in [-0.1, -0.05) is 12.1 Å². The predicted molar refractivity (Wildman–Crippen MR) is 111 cm³/mol. The van der Waals surface area contributed by atoms with Crippen LogP contribution < -0.4 is 11.5 Å². The summed E-state index contributed by atoms with van der Waals surface area (Å²) in [4.78, 5) is 20.6. The number of fused-ring (bicyclic) bond motifs is 2. The molecule has 4 rings (SSSR count). The zero-order valence-electron chi connectivity index (χ0n) is 16.6. The number of carboxylic acids is 1. The first-order valence-corrected chi connectivity index (χ1v) is 9.41. The molecule has 3 heterocycles. The van der Waals surface area contributed by atoms with Gasteiger partial charge in [-0.3, -0.25) is 0 Å². The van der Waals surface area contributed by atoms with Crippen LogP contribution in [0.25, 0.3) is 33.3 Å². The molecule has 0 unspecified atom stereocenters. The van der Waals surface area contributed by atoms with Crippen LogP contribution in [-0.2, 0) is 11.3 Å². The smallest absolute Gasteiger partial charge is 0.490 e. The number of anilines is 1. The lowest BCUT2D eigenvalue weighted by Crippen LogP contribution is -2.21. The first-order valence-electron chi connectivity index (χ1n) is 9.41. The molecule has 0 saturated heterocycles. The van der Waals surface area contributed by atoms with E-state index in [0.29, 0.717) is 41.2 Å². The number of nitrogen functional groups attached to an aromatic ring is 1. The number of aromatic nitrogens is 5. The number of halogens is 3. The standard InChI is InChI=1S/C17H19N7O.C2HF3O2/c18-6-1-2-7-24-17-13(16(19)20-9-21-17)15(23-24)11-8-10-4-3-5-12(25)14(10)22-11;3-2(4,5)1(6)7/h3-5,8-9,22,25H,1-2,6-7,18H2,(H2,19,20,21);(H,6,7). The molecule has 13 heteroatoms. The lowest BCUT2D eigenvalue weighted by atomic mass is 10.2. The van der Waals surface area contributed by atoms with Crippen LogP contribution in [0, 0.1) is 0 Å². The van der Waals surface area contributed by atoms with Crippen molar-refractivity contribution in [3.63, 3.8) is 0 Å². The lowest BCUT2D eigenvalue weighted by molar-refractivity contribution is -0.192. The fourth-order valence-corrected chi connectivity index (χ4v) is 3.05. The van der Waals surface area contributed by atoms with Crippen LogP contribution in [0.4, 0.5) is 19.0 Å². The first-order chi connectivity index (χ1) is 15.1. The normalized spacial score (nSPS) is 11.5. The van der Waals surface area contributed by atoms with Crippen molar-refractivity contribution in [1.82, 2.24) is 24.7 Å². The van der Waals surface area contributed by atoms with Crippen LogP contribution in [0.2, 0.25) is 0 Å². The molecular weight excluding hydrogens is 431 g/mol. The number of hydrogen-bond donors (Lipinski definition) is 5. The number of hydrogen-bond acceptors (Lipinski definition) is 7. The van der Waals surface area contributed by atoms with Gasteiger partial charge in [0.15, 0.2) is 5.65 Å². The highest BCUT2D eigenvalue weighted by Crippen LogP contribution is 2.33. The Balaban J connectivity index is 0.000000360. The van der Waals surface area contributed by atoms with Crippen molar-refractivity contribution in [2.75, 3.05) is 12.3 Å². The van der Waals surface area contributed by atoms with Crippen molar-refractivity contribution in [3.05, 3.63) is 30.6 Å². The SMILES string of the molecule is NCCCCn1nc(-c2cc3cccc(O)c3[nH]2)c2c(N)ncnc21.O=C(O)C(F)(F)F. The number of unbranched alkanes of at least 4 members (excludes halogenated alkanes) is 1. The maximum atomic E-state index is 10.6. The topological polar surface area (TPSA) is 169 Å². The van der Waals surface area contributed by atoms with E-state index in [2.05, 4.69) is 15.0 Å². The Morgan fingerprint density at radius 2 is 1.94 bits per heavy atom. The number of aryl methyl sites for hydroxylation is 1. The van der Waals surface area contributed by atoms with Crippen LogP contribution in [0.1, 0.15) is 12.8 Å². The van der Waals surface area contributed by atoms with Gasteiger partial charge in [0.05, 0.1) is 16.6 Å².